The number of hydrogen-bond acceptors (Lipinski definition) is 4. The van der Waals surface area contributed by atoms with E-state index in [0.29, 0.717) is 12.1 Å². The van der Waals surface area contributed by atoms with E-state index in [9.17, 15) is 0 Å². The molecule has 2 aliphatic rings. The van der Waals surface area contributed by atoms with Crippen LogP contribution in [0.25, 0.3) is 0 Å². The third-order valence-electron chi connectivity index (χ3n) is 4.50. The summed E-state index contributed by atoms with van der Waals surface area (Å²) >= 11 is 0. The van der Waals surface area contributed by atoms with Crippen LogP contribution in [0.3, 0.4) is 0 Å². The highest BCUT2D eigenvalue weighted by atomic mass is 16.5. The van der Waals surface area contributed by atoms with Crippen LogP contribution in [0.4, 0.5) is 0 Å². The van der Waals surface area contributed by atoms with Crippen LogP contribution >= 0.6 is 0 Å². The fraction of sp³-hybridized carbons (Fsp3) is 0.750. The molecule has 1 aromatic rings. The average Bonchev–Trinajstić information content (AvgIpc) is 3.12. The van der Waals surface area contributed by atoms with Crippen molar-refractivity contribution in [2.45, 2.75) is 64.1 Å². The Hall–Kier alpha value is -1.00. The van der Waals surface area contributed by atoms with Gasteiger partial charge in [0.05, 0.1) is 17.5 Å². The second kappa shape index (κ2) is 6.64. The molecule has 0 aromatic carbocycles. The molecule has 1 saturated heterocycles. The standard InChI is InChI=1S/C16H25N3O/c1-13-9-18-14(10-17-13)11-19(15-5-2-3-6-15)12-16-7-4-8-20-16/h9-10,15-16H,2-8,11-12H2,1H3/t16-/m0/s1. The maximum atomic E-state index is 5.82. The van der Waals surface area contributed by atoms with Gasteiger partial charge in [-0.05, 0) is 32.6 Å². The van der Waals surface area contributed by atoms with E-state index in [1.165, 1.54) is 38.5 Å². The Kier molecular flexibility index (Phi) is 4.63. The van der Waals surface area contributed by atoms with Crippen molar-refractivity contribution in [1.29, 1.82) is 0 Å². The van der Waals surface area contributed by atoms with Crippen LogP contribution in [0.5, 0.6) is 0 Å². The predicted molar refractivity (Wildman–Crippen MR) is 78.4 cm³/mol. The molecular formula is C16H25N3O. The fourth-order valence-electron chi connectivity index (χ4n) is 3.37. The molecular weight excluding hydrogens is 250 g/mol. The van der Waals surface area contributed by atoms with Gasteiger partial charge < -0.3 is 4.74 Å². The maximum Gasteiger partial charge on any atom is 0.0727 e. The van der Waals surface area contributed by atoms with Crippen LogP contribution in [0.2, 0.25) is 0 Å². The summed E-state index contributed by atoms with van der Waals surface area (Å²) in [5, 5.41) is 0. The molecule has 110 valence electrons. The van der Waals surface area contributed by atoms with E-state index >= 15 is 0 Å². The van der Waals surface area contributed by atoms with Gasteiger partial charge in [-0.3, -0.25) is 14.9 Å². The van der Waals surface area contributed by atoms with E-state index in [1.54, 1.807) is 0 Å². The van der Waals surface area contributed by atoms with Gasteiger partial charge in [-0.25, -0.2) is 0 Å². The second-order valence-corrected chi connectivity index (χ2v) is 6.15. The molecule has 2 heterocycles. The monoisotopic (exact) mass is 275 g/mol. The zero-order valence-electron chi connectivity index (χ0n) is 12.4. The Morgan fingerprint density at radius 2 is 2.00 bits per heavy atom. The van der Waals surface area contributed by atoms with Crippen LogP contribution in [0, 0.1) is 6.92 Å². The van der Waals surface area contributed by atoms with Gasteiger partial charge >= 0.3 is 0 Å². The van der Waals surface area contributed by atoms with Crippen LogP contribution in [-0.2, 0) is 11.3 Å². The first kappa shape index (κ1) is 14.0. The predicted octanol–water partition coefficient (Wildman–Crippen LogP) is 2.71. The topological polar surface area (TPSA) is 38.2 Å². The Bertz CT molecular complexity index is 408. The minimum atomic E-state index is 0.425. The number of ether oxygens (including phenoxy) is 1. The van der Waals surface area contributed by atoms with Crippen molar-refractivity contribution in [3.05, 3.63) is 23.8 Å². The van der Waals surface area contributed by atoms with Gasteiger partial charge in [0, 0.05) is 38.1 Å². The summed E-state index contributed by atoms with van der Waals surface area (Å²) in [6, 6.07) is 0.710. The smallest absolute Gasteiger partial charge is 0.0727 e. The molecule has 1 aliphatic heterocycles. The molecule has 1 saturated carbocycles. The molecule has 0 N–H and O–H groups in total. The quantitative estimate of drug-likeness (QED) is 0.828. The van der Waals surface area contributed by atoms with Crippen LogP contribution in [-0.4, -0.2) is 40.2 Å². The van der Waals surface area contributed by atoms with E-state index in [1.807, 2.05) is 19.3 Å². The summed E-state index contributed by atoms with van der Waals surface area (Å²) in [5.41, 5.74) is 2.07. The first-order valence-corrected chi connectivity index (χ1v) is 7.94. The van der Waals surface area contributed by atoms with Crippen LogP contribution in [0.1, 0.15) is 49.9 Å². The highest BCUT2D eigenvalue weighted by Crippen LogP contribution is 2.26. The van der Waals surface area contributed by atoms with E-state index in [-0.39, 0.29) is 0 Å². The molecule has 0 amide bonds. The van der Waals surface area contributed by atoms with E-state index in [4.69, 9.17) is 4.74 Å². The number of aryl methyl sites for hydroxylation is 1. The van der Waals surface area contributed by atoms with E-state index < -0.39 is 0 Å². The second-order valence-electron chi connectivity index (χ2n) is 6.15. The van der Waals surface area contributed by atoms with Gasteiger partial charge in [0.2, 0.25) is 0 Å². The Labute approximate surface area is 121 Å². The van der Waals surface area contributed by atoms with Crippen LogP contribution < -0.4 is 0 Å². The first-order valence-electron chi connectivity index (χ1n) is 7.94. The van der Waals surface area contributed by atoms with Gasteiger partial charge in [0.15, 0.2) is 0 Å². The molecule has 2 fully saturated rings. The number of hydrogen-bond donors (Lipinski definition) is 0. The van der Waals surface area contributed by atoms with Gasteiger partial charge in [0.25, 0.3) is 0 Å². The molecule has 3 rings (SSSR count). The summed E-state index contributed by atoms with van der Waals surface area (Å²) in [4.78, 5) is 11.5. The van der Waals surface area contributed by atoms with Crippen molar-refractivity contribution in [3.63, 3.8) is 0 Å². The van der Waals surface area contributed by atoms with Crippen molar-refractivity contribution in [2.75, 3.05) is 13.2 Å². The normalized spacial score (nSPS) is 23.8. The molecule has 0 spiro atoms. The van der Waals surface area contributed by atoms with Crippen LogP contribution in [0.15, 0.2) is 12.4 Å². The van der Waals surface area contributed by atoms with Crippen molar-refractivity contribution in [1.82, 2.24) is 14.9 Å². The minimum Gasteiger partial charge on any atom is -0.377 e. The number of rotatable bonds is 5. The van der Waals surface area contributed by atoms with Crippen molar-refractivity contribution < 1.29 is 4.74 Å². The summed E-state index contributed by atoms with van der Waals surface area (Å²) in [5.74, 6) is 0. The molecule has 0 bridgehead atoms. The summed E-state index contributed by atoms with van der Waals surface area (Å²) in [6.07, 6.45) is 12.0. The third kappa shape index (κ3) is 3.55. The summed E-state index contributed by atoms with van der Waals surface area (Å²) in [7, 11) is 0. The lowest BCUT2D eigenvalue weighted by molar-refractivity contribution is 0.0536. The third-order valence-corrected chi connectivity index (χ3v) is 4.50. The Morgan fingerprint density at radius 3 is 2.65 bits per heavy atom. The molecule has 20 heavy (non-hydrogen) atoms. The van der Waals surface area contributed by atoms with E-state index in [0.717, 1.165) is 31.1 Å². The average molecular weight is 275 g/mol. The van der Waals surface area contributed by atoms with Crippen molar-refractivity contribution >= 4 is 0 Å². The fourth-order valence-corrected chi connectivity index (χ4v) is 3.37. The minimum absolute atomic E-state index is 0.425. The molecule has 0 radical (unpaired) electrons. The van der Waals surface area contributed by atoms with Gasteiger partial charge in [-0.2, -0.15) is 0 Å². The SMILES string of the molecule is Cc1cnc(CN(C[C@@H]2CCCO2)C2CCCC2)cn1. The largest absolute Gasteiger partial charge is 0.377 e. The molecule has 1 aromatic heterocycles. The molecule has 4 nitrogen and oxygen atoms in total. The van der Waals surface area contributed by atoms with E-state index in [2.05, 4.69) is 14.9 Å². The lowest BCUT2D eigenvalue weighted by Gasteiger charge is -2.30. The lowest BCUT2D eigenvalue weighted by Crippen LogP contribution is -2.38. The Morgan fingerprint density at radius 1 is 1.15 bits per heavy atom. The molecule has 1 aliphatic carbocycles. The van der Waals surface area contributed by atoms with Crippen molar-refractivity contribution in [2.24, 2.45) is 0 Å². The summed E-state index contributed by atoms with van der Waals surface area (Å²) < 4.78 is 5.82. The zero-order valence-corrected chi connectivity index (χ0v) is 12.4. The van der Waals surface area contributed by atoms with Gasteiger partial charge in [-0.15, -0.1) is 0 Å². The molecule has 4 heteroatoms. The van der Waals surface area contributed by atoms with Gasteiger partial charge in [0.1, 0.15) is 0 Å². The number of aromatic nitrogens is 2. The van der Waals surface area contributed by atoms with Gasteiger partial charge in [-0.1, -0.05) is 12.8 Å². The Balaban J connectivity index is 1.65. The van der Waals surface area contributed by atoms with Crippen molar-refractivity contribution in [3.8, 4) is 0 Å². The maximum absolute atomic E-state index is 5.82. The highest BCUT2D eigenvalue weighted by Gasteiger charge is 2.27. The lowest BCUT2D eigenvalue weighted by atomic mass is 10.1. The number of nitrogens with zero attached hydrogens (tertiary/aromatic N) is 3. The highest BCUT2D eigenvalue weighted by molar-refractivity contribution is 5.01. The molecule has 1 atom stereocenters. The zero-order chi connectivity index (χ0) is 13.8. The molecule has 0 unspecified atom stereocenters. The first-order chi connectivity index (χ1) is 9.81. The summed E-state index contributed by atoms with van der Waals surface area (Å²) in [6.45, 7) is 4.89.